The van der Waals surface area contributed by atoms with E-state index in [9.17, 15) is 5.11 Å². The molecule has 7 heteroatoms. The third-order valence-corrected chi connectivity index (χ3v) is 5.09. The fourth-order valence-corrected chi connectivity index (χ4v) is 3.88. The first-order valence-corrected chi connectivity index (χ1v) is 9.38. The first-order chi connectivity index (χ1) is 13.3. The molecule has 1 aliphatic heterocycles. The van der Waals surface area contributed by atoms with Crippen LogP contribution in [0, 0.1) is 0 Å². The van der Waals surface area contributed by atoms with Crippen molar-refractivity contribution in [1.82, 2.24) is 24.8 Å². The molecule has 1 saturated heterocycles. The number of rotatable bonds is 6. The van der Waals surface area contributed by atoms with Gasteiger partial charge in [0.25, 0.3) is 0 Å². The highest BCUT2D eigenvalue weighted by molar-refractivity contribution is 7.80. The molecule has 0 radical (unpaired) electrons. The monoisotopic (exact) mass is 379 g/mol. The largest absolute Gasteiger partial charge is 0.396 e. The predicted molar refractivity (Wildman–Crippen MR) is 107 cm³/mol. The van der Waals surface area contributed by atoms with E-state index in [1.54, 1.807) is 12.4 Å². The first kappa shape index (κ1) is 17.6. The Bertz CT molecular complexity index is 899. The number of aromatic nitrogens is 3. The van der Waals surface area contributed by atoms with Crippen molar-refractivity contribution in [3.63, 3.8) is 0 Å². The molecule has 1 aliphatic rings. The van der Waals surface area contributed by atoms with Crippen LogP contribution in [-0.2, 0) is 0 Å². The second-order valence-corrected chi connectivity index (χ2v) is 6.77. The minimum absolute atomic E-state index is 0.0454. The van der Waals surface area contributed by atoms with Crippen molar-refractivity contribution in [3.05, 3.63) is 78.5 Å². The summed E-state index contributed by atoms with van der Waals surface area (Å²) in [7, 11) is 0. The van der Waals surface area contributed by atoms with Gasteiger partial charge in [0.15, 0.2) is 5.11 Å². The molecule has 0 unspecified atom stereocenters. The smallest absolute Gasteiger partial charge is 0.170 e. The lowest BCUT2D eigenvalue weighted by Gasteiger charge is -2.28. The maximum atomic E-state index is 9.33. The SMILES string of the molecule is OCCCN1C(=S)N[C@@H](c2ccccn2)[C@H]1c1cccn1-c1ccccn1. The average molecular weight is 379 g/mol. The number of pyridine rings is 2. The molecule has 3 aromatic heterocycles. The Labute approximate surface area is 163 Å². The van der Waals surface area contributed by atoms with E-state index in [-0.39, 0.29) is 18.7 Å². The van der Waals surface area contributed by atoms with Crippen LogP contribution in [0.2, 0.25) is 0 Å². The lowest BCUT2D eigenvalue weighted by molar-refractivity contribution is 0.244. The van der Waals surface area contributed by atoms with E-state index in [0.29, 0.717) is 18.1 Å². The van der Waals surface area contributed by atoms with Gasteiger partial charge in [0.05, 0.1) is 17.8 Å². The van der Waals surface area contributed by atoms with Gasteiger partial charge < -0.3 is 19.9 Å². The van der Waals surface area contributed by atoms with Crippen LogP contribution in [0.25, 0.3) is 5.82 Å². The Morgan fingerprint density at radius 3 is 2.56 bits per heavy atom. The zero-order chi connectivity index (χ0) is 18.6. The second kappa shape index (κ2) is 7.85. The molecule has 0 amide bonds. The highest BCUT2D eigenvalue weighted by Gasteiger charge is 2.40. The summed E-state index contributed by atoms with van der Waals surface area (Å²) in [4.78, 5) is 11.2. The standard InChI is InChI=1S/C20H21N5OS/c26-14-6-13-25-19(18(23-20(25)27)15-7-1-3-10-21-15)16-8-5-12-24(16)17-9-2-4-11-22-17/h1-5,7-12,18-19,26H,6,13-14H2,(H,23,27)/t18-,19+/m0/s1. The van der Waals surface area contributed by atoms with Crippen LogP contribution in [0.4, 0.5) is 0 Å². The van der Waals surface area contributed by atoms with Gasteiger partial charge in [0.2, 0.25) is 0 Å². The third kappa shape index (κ3) is 3.43. The minimum atomic E-state index is -0.0743. The molecule has 3 aromatic rings. The topological polar surface area (TPSA) is 66.2 Å². The lowest BCUT2D eigenvalue weighted by atomic mass is 10.0. The van der Waals surface area contributed by atoms with Crippen LogP contribution in [0.15, 0.2) is 67.1 Å². The number of nitrogens with one attached hydrogen (secondary N) is 1. The van der Waals surface area contributed by atoms with Gasteiger partial charge in [-0.2, -0.15) is 0 Å². The number of thiocarbonyl (C=S) groups is 1. The van der Waals surface area contributed by atoms with Crippen LogP contribution in [0.3, 0.4) is 0 Å². The fourth-order valence-electron chi connectivity index (χ4n) is 3.55. The average Bonchev–Trinajstić information content (AvgIpc) is 3.32. The summed E-state index contributed by atoms with van der Waals surface area (Å²) in [6.07, 6.45) is 6.25. The number of nitrogens with zero attached hydrogens (tertiary/aromatic N) is 4. The molecule has 2 N–H and O–H groups in total. The molecule has 4 rings (SSSR count). The normalized spacial score (nSPS) is 19.3. The number of aliphatic hydroxyl groups is 1. The molecule has 1 fully saturated rings. The zero-order valence-corrected chi connectivity index (χ0v) is 15.6. The van der Waals surface area contributed by atoms with Gasteiger partial charge in [-0.05, 0) is 55.0 Å². The molecule has 27 heavy (non-hydrogen) atoms. The van der Waals surface area contributed by atoms with Crippen molar-refractivity contribution in [1.29, 1.82) is 0 Å². The summed E-state index contributed by atoms with van der Waals surface area (Å²) in [5.41, 5.74) is 2.01. The van der Waals surface area contributed by atoms with Crippen LogP contribution in [0.5, 0.6) is 0 Å². The Hall–Kier alpha value is -2.77. The Balaban J connectivity index is 1.78. The van der Waals surface area contributed by atoms with E-state index >= 15 is 0 Å². The molecular weight excluding hydrogens is 358 g/mol. The molecule has 4 heterocycles. The first-order valence-electron chi connectivity index (χ1n) is 8.97. The van der Waals surface area contributed by atoms with E-state index in [2.05, 4.69) is 30.8 Å². The zero-order valence-electron chi connectivity index (χ0n) is 14.8. The fraction of sp³-hybridized carbons (Fsp3) is 0.250. The Morgan fingerprint density at radius 1 is 1.04 bits per heavy atom. The summed E-state index contributed by atoms with van der Waals surface area (Å²) < 4.78 is 2.09. The number of hydrogen-bond donors (Lipinski definition) is 2. The van der Waals surface area contributed by atoms with Crippen LogP contribution >= 0.6 is 12.2 Å². The van der Waals surface area contributed by atoms with Crippen molar-refractivity contribution >= 4 is 17.3 Å². The Kier molecular flexibility index (Phi) is 5.13. The highest BCUT2D eigenvalue weighted by atomic mass is 32.1. The summed E-state index contributed by atoms with van der Waals surface area (Å²) in [6, 6.07) is 15.8. The van der Waals surface area contributed by atoms with Crippen LogP contribution < -0.4 is 5.32 Å². The predicted octanol–water partition coefficient (Wildman–Crippen LogP) is 2.62. The van der Waals surface area contributed by atoms with E-state index in [1.165, 1.54) is 0 Å². The molecule has 0 spiro atoms. The second-order valence-electron chi connectivity index (χ2n) is 6.39. The summed E-state index contributed by atoms with van der Waals surface area (Å²) >= 11 is 5.62. The number of hydrogen-bond acceptors (Lipinski definition) is 4. The highest BCUT2D eigenvalue weighted by Crippen LogP contribution is 2.39. The van der Waals surface area contributed by atoms with Crippen LogP contribution in [0.1, 0.15) is 29.9 Å². The van der Waals surface area contributed by atoms with Crippen LogP contribution in [-0.4, -0.2) is 42.8 Å². The lowest BCUT2D eigenvalue weighted by Crippen LogP contribution is -2.31. The van der Waals surface area contributed by atoms with Crippen molar-refractivity contribution in [2.75, 3.05) is 13.2 Å². The summed E-state index contributed by atoms with van der Waals surface area (Å²) in [5, 5.41) is 13.4. The van der Waals surface area contributed by atoms with Gasteiger partial charge in [-0.1, -0.05) is 12.1 Å². The number of aliphatic hydroxyl groups excluding tert-OH is 1. The molecule has 0 bridgehead atoms. The van der Waals surface area contributed by atoms with Crippen molar-refractivity contribution in [2.45, 2.75) is 18.5 Å². The van der Waals surface area contributed by atoms with Gasteiger partial charge in [-0.3, -0.25) is 4.98 Å². The van der Waals surface area contributed by atoms with Crippen molar-refractivity contribution < 1.29 is 5.11 Å². The molecule has 0 saturated carbocycles. The molecule has 0 aliphatic carbocycles. The molecule has 6 nitrogen and oxygen atoms in total. The van der Waals surface area contributed by atoms with E-state index in [1.807, 2.05) is 48.7 Å². The van der Waals surface area contributed by atoms with E-state index < -0.39 is 0 Å². The maximum absolute atomic E-state index is 9.33. The van der Waals surface area contributed by atoms with Gasteiger partial charge in [-0.25, -0.2) is 4.98 Å². The summed E-state index contributed by atoms with van der Waals surface area (Å²) in [6.45, 7) is 0.797. The van der Waals surface area contributed by atoms with E-state index in [4.69, 9.17) is 12.2 Å². The van der Waals surface area contributed by atoms with Gasteiger partial charge in [0.1, 0.15) is 5.82 Å². The van der Waals surface area contributed by atoms with Gasteiger partial charge >= 0.3 is 0 Å². The minimum Gasteiger partial charge on any atom is -0.396 e. The van der Waals surface area contributed by atoms with Gasteiger partial charge in [-0.15, -0.1) is 0 Å². The van der Waals surface area contributed by atoms with Crippen molar-refractivity contribution in [3.8, 4) is 5.82 Å². The third-order valence-electron chi connectivity index (χ3n) is 4.73. The molecule has 138 valence electrons. The summed E-state index contributed by atoms with van der Waals surface area (Å²) in [5.74, 6) is 0.859. The maximum Gasteiger partial charge on any atom is 0.170 e. The molecule has 2 atom stereocenters. The van der Waals surface area contributed by atoms with E-state index in [0.717, 1.165) is 17.2 Å². The molecule has 0 aromatic carbocycles. The molecular formula is C20H21N5OS. The van der Waals surface area contributed by atoms with Gasteiger partial charge in [0, 0.05) is 37.4 Å². The Morgan fingerprint density at radius 2 is 1.85 bits per heavy atom. The quantitative estimate of drug-likeness (QED) is 0.642. The van der Waals surface area contributed by atoms with Crippen molar-refractivity contribution in [2.24, 2.45) is 0 Å².